The number of hydrogen-bond acceptors (Lipinski definition) is 4. The summed E-state index contributed by atoms with van der Waals surface area (Å²) in [5, 5.41) is 19.2. The van der Waals surface area contributed by atoms with Crippen LogP contribution in [-0.4, -0.2) is 40.6 Å². The zero-order valence-electron chi connectivity index (χ0n) is 8.19. The molecular weight excluding hydrogens is 219 g/mol. The smallest absolute Gasteiger partial charge is 0.854 e. The van der Waals surface area contributed by atoms with Gasteiger partial charge in [0.25, 0.3) is 0 Å². The molecule has 0 aliphatic carbocycles. The van der Waals surface area contributed by atoms with Crippen molar-refractivity contribution in [2.24, 2.45) is 0 Å². The summed E-state index contributed by atoms with van der Waals surface area (Å²) in [5.41, 5.74) is 0. The van der Waals surface area contributed by atoms with Crippen LogP contribution in [0.2, 0.25) is 0 Å². The predicted octanol–water partition coefficient (Wildman–Crippen LogP) is -1.24. The fourth-order valence-corrected chi connectivity index (χ4v) is 0.407. The van der Waals surface area contributed by atoms with Gasteiger partial charge in [-0.25, -0.2) is 0 Å². The van der Waals surface area contributed by atoms with Crippen molar-refractivity contribution >= 4 is 0 Å². The zero-order chi connectivity index (χ0) is 9.66. The minimum Gasteiger partial charge on any atom is -0.854 e. The first kappa shape index (κ1) is 19.0. The largest absolute Gasteiger partial charge is 2.00 e. The fourth-order valence-electron chi connectivity index (χ4n) is 0.407. The van der Waals surface area contributed by atoms with E-state index in [4.69, 9.17) is 0 Å². The molecule has 0 N–H and O–H groups in total. The maximum Gasteiger partial charge on any atom is 2.00 e. The van der Waals surface area contributed by atoms with Crippen LogP contribution in [0, 0.1) is 0 Å². The van der Waals surface area contributed by atoms with Gasteiger partial charge in [-0.05, 0) is 12.8 Å². The summed E-state index contributed by atoms with van der Waals surface area (Å²) in [6.45, 7) is 1.16. The Bertz CT molecular complexity index is 48.1. The minimum atomic E-state index is -0.0200. The van der Waals surface area contributed by atoms with Crippen LogP contribution in [0.1, 0.15) is 12.8 Å². The van der Waals surface area contributed by atoms with Crippen LogP contribution >= 0.6 is 0 Å². The van der Waals surface area contributed by atoms with Gasteiger partial charge in [0.1, 0.15) is 0 Å². The van der Waals surface area contributed by atoms with Gasteiger partial charge in [-0.2, -0.15) is 0 Å². The monoisotopic (exact) mass is 236 g/mol. The summed E-state index contributed by atoms with van der Waals surface area (Å²) >= 11 is 0. The molecular formula is C8H18NiO4. The average molecular weight is 237 g/mol. The van der Waals surface area contributed by atoms with Crippen molar-refractivity contribution in [2.75, 3.05) is 40.6 Å². The molecule has 0 aliphatic rings. The minimum absolute atomic E-state index is 0. The van der Waals surface area contributed by atoms with E-state index in [1.807, 2.05) is 0 Å². The van der Waals surface area contributed by atoms with Crippen molar-refractivity contribution in [2.45, 2.75) is 12.8 Å². The SMILES string of the molecule is COCCC[O-].COCCC[O-].[Ni+2]. The molecule has 13 heavy (non-hydrogen) atoms. The second-order valence-corrected chi connectivity index (χ2v) is 2.10. The van der Waals surface area contributed by atoms with Gasteiger partial charge >= 0.3 is 16.5 Å². The Labute approximate surface area is 90.2 Å². The first-order valence-electron chi connectivity index (χ1n) is 3.97. The Morgan fingerprint density at radius 3 is 1.23 bits per heavy atom. The molecule has 0 saturated carbocycles. The van der Waals surface area contributed by atoms with Gasteiger partial charge < -0.3 is 19.7 Å². The third-order valence-electron chi connectivity index (χ3n) is 0.986. The third kappa shape index (κ3) is 32.8. The maximum atomic E-state index is 9.61. The Hall–Kier alpha value is 0.334. The molecule has 0 unspecified atom stereocenters. The number of hydrogen-bond donors (Lipinski definition) is 0. The van der Waals surface area contributed by atoms with Gasteiger partial charge in [-0.1, -0.05) is 0 Å². The summed E-state index contributed by atoms with van der Waals surface area (Å²) < 4.78 is 9.16. The van der Waals surface area contributed by atoms with E-state index in [9.17, 15) is 10.2 Å². The van der Waals surface area contributed by atoms with Crippen LogP contribution in [-0.2, 0) is 26.0 Å². The van der Waals surface area contributed by atoms with Gasteiger partial charge in [-0.3, -0.25) is 0 Å². The molecule has 0 atom stereocenters. The Balaban J connectivity index is -0.000000143. The molecule has 0 aromatic rings. The normalized spacial score (nSPS) is 8.31. The topological polar surface area (TPSA) is 64.6 Å². The molecule has 0 spiro atoms. The third-order valence-corrected chi connectivity index (χ3v) is 0.986. The van der Waals surface area contributed by atoms with Gasteiger partial charge in [0, 0.05) is 27.4 Å². The number of methoxy groups -OCH3 is 2. The van der Waals surface area contributed by atoms with Crippen molar-refractivity contribution in [1.82, 2.24) is 0 Å². The maximum absolute atomic E-state index is 9.61. The van der Waals surface area contributed by atoms with Crippen molar-refractivity contribution in [1.29, 1.82) is 0 Å². The molecule has 0 fully saturated rings. The van der Waals surface area contributed by atoms with Crippen LogP contribution < -0.4 is 10.2 Å². The zero-order valence-corrected chi connectivity index (χ0v) is 9.18. The summed E-state index contributed by atoms with van der Waals surface area (Å²) in [6, 6.07) is 0. The van der Waals surface area contributed by atoms with Crippen molar-refractivity contribution < 1.29 is 36.2 Å². The Kier molecular flexibility index (Phi) is 33.3. The first-order chi connectivity index (χ1) is 5.83. The van der Waals surface area contributed by atoms with Crippen LogP contribution in [0.5, 0.6) is 0 Å². The van der Waals surface area contributed by atoms with Crippen molar-refractivity contribution in [3.63, 3.8) is 0 Å². The molecule has 0 aromatic heterocycles. The van der Waals surface area contributed by atoms with Gasteiger partial charge in [0.15, 0.2) is 0 Å². The molecule has 0 heterocycles. The van der Waals surface area contributed by atoms with E-state index in [1.165, 1.54) is 0 Å². The molecule has 0 amide bonds. The summed E-state index contributed by atoms with van der Waals surface area (Å²) in [6.07, 6.45) is 1.27. The summed E-state index contributed by atoms with van der Waals surface area (Å²) in [4.78, 5) is 0. The molecule has 0 aromatic carbocycles. The Morgan fingerprint density at radius 2 is 1.15 bits per heavy atom. The number of ether oxygens (including phenoxy) is 2. The fraction of sp³-hybridized carbons (Fsp3) is 1.00. The van der Waals surface area contributed by atoms with E-state index >= 15 is 0 Å². The molecule has 0 radical (unpaired) electrons. The first-order valence-corrected chi connectivity index (χ1v) is 3.97. The molecule has 84 valence electrons. The van der Waals surface area contributed by atoms with E-state index in [0.29, 0.717) is 26.1 Å². The predicted molar refractivity (Wildman–Crippen MR) is 42.7 cm³/mol. The van der Waals surface area contributed by atoms with Gasteiger partial charge in [-0.15, -0.1) is 13.2 Å². The summed E-state index contributed by atoms with van der Waals surface area (Å²) in [7, 11) is 3.19. The van der Waals surface area contributed by atoms with E-state index in [1.54, 1.807) is 14.2 Å². The second-order valence-electron chi connectivity index (χ2n) is 2.10. The molecule has 0 saturated heterocycles. The molecule has 4 nitrogen and oxygen atoms in total. The standard InChI is InChI=1S/2C4H9O2.Ni/c2*1-6-4-2-3-5;/h2*2-4H2,1H3;/q2*-1;+2. The quantitative estimate of drug-likeness (QED) is 0.428. The molecule has 0 rings (SSSR count). The average Bonchev–Trinajstić information content (AvgIpc) is 2.12. The Morgan fingerprint density at radius 1 is 0.846 bits per heavy atom. The van der Waals surface area contributed by atoms with Crippen molar-refractivity contribution in [3.05, 3.63) is 0 Å². The molecule has 0 aliphatic heterocycles. The van der Waals surface area contributed by atoms with Gasteiger partial charge in [0.05, 0.1) is 0 Å². The second kappa shape index (κ2) is 22.8. The molecule has 0 bridgehead atoms. The van der Waals surface area contributed by atoms with Crippen LogP contribution in [0.4, 0.5) is 0 Å². The number of rotatable bonds is 6. The van der Waals surface area contributed by atoms with Crippen molar-refractivity contribution in [3.8, 4) is 0 Å². The van der Waals surface area contributed by atoms with E-state index in [-0.39, 0.29) is 29.7 Å². The summed E-state index contributed by atoms with van der Waals surface area (Å²) in [5.74, 6) is 0. The van der Waals surface area contributed by atoms with Gasteiger partial charge in [0.2, 0.25) is 0 Å². The van der Waals surface area contributed by atoms with Crippen LogP contribution in [0.25, 0.3) is 0 Å². The van der Waals surface area contributed by atoms with E-state index < -0.39 is 0 Å². The van der Waals surface area contributed by atoms with Crippen LogP contribution in [0.3, 0.4) is 0 Å². The van der Waals surface area contributed by atoms with E-state index in [2.05, 4.69) is 9.47 Å². The molecule has 5 heteroatoms. The van der Waals surface area contributed by atoms with Crippen LogP contribution in [0.15, 0.2) is 0 Å². The van der Waals surface area contributed by atoms with E-state index in [0.717, 1.165) is 0 Å².